The van der Waals surface area contributed by atoms with Gasteiger partial charge in [0.05, 0.1) is 31.0 Å². The van der Waals surface area contributed by atoms with Crippen LogP contribution in [0.25, 0.3) is 0 Å². The number of ether oxygens (including phenoxy) is 2. The molecule has 7 heteroatoms. The Morgan fingerprint density at radius 2 is 2.07 bits per heavy atom. The van der Waals surface area contributed by atoms with Crippen molar-refractivity contribution < 1.29 is 14.3 Å². The van der Waals surface area contributed by atoms with Crippen molar-refractivity contribution in [1.29, 1.82) is 0 Å². The van der Waals surface area contributed by atoms with Crippen molar-refractivity contribution in [3.05, 3.63) is 35.0 Å². The zero-order valence-corrected chi connectivity index (χ0v) is 17.5. The van der Waals surface area contributed by atoms with Crippen molar-refractivity contribution in [1.82, 2.24) is 9.69 Å². The summed E-state index contributed by atoms with van der Waals surface area (Å²) in [6.07, 6.45) is 3.33. The smallest absolute Gasteiger partial charge is 0.256 e. The summed E-state index contributed by atoms with van der Waals surface area (Å²) in [4.78, 5) is 12.7. The number of aryl methyl sites for hydroxylation is 1. The minimum atomic E-state index is -0.176. The molecular formula is C20H29N3O3S. The van der Waals surface area contributed by atoms with Crippen molar-refractivity contribution in [3.63, 3.8) is 0 Å². The van der Waals surface area contributed by atoms with Crippen LogP contribution in [0.3, 0.4) is 0 Å². The van der Waals surface area contributed by atoms with Crippen LogP contribution in [-0.4, -0.2) is 31.0 Å². The maximum Gasteiger partial charge on any atom is 0.256 e. The monoisotopic (exact) mass is 391 g/mol. The summed E-state index contributed by atoms with van der Waals surface area (Å²) >= 11 is 1.29. The number of nitrogens with one attached hydrogen (secondary N) is 2. The Morgan fingerprint density at radius 1 is 1.30 bits per heavy atom. The zero-order chi connectivity index (χ0) is 19.8. The van der Waals surface area contributed by atoms with Crippen LogP contribution in [0.2, 0.25) is 0 Å². The first-order valence-electron chi connectivity index (χ1n) is 9.27. The van der Waals surface area contributed by atoms with Crippen molar-refractivity contribution in [2.45, 2.75) is 46.1 Å². The fourth-order valence-corrected chi connectivity index (χ4v) is 3.51. The molecule has 2 rings (SSSR count). The van der Waals surface area contributed by atoms with Gasteiger partial charge in [-0.1, -0.05) is 25.8 Å². The topological polar surface area (TPSA) is 72.5 Å². The Kier molecular flexibility index (Phi) is 7.91. The van der Waals surface area contributed by atoms with E-state index in [1.807, 2.05) is 32.0 Å². The molecule has 0 saturated carbocycles. The van der Waals surface area contributed by atoms with Gasteiger partial charge in [-0.2, -0.15) is 4.37 Å². The Bertz CT molecular complexity index is 761. The third-order valence-electron chi connectivity index (χ3n) is 4.36. The summed E-state index contributed by atoms with van der Waals surface area (Å²) in [5.41, 5.74) is 2.27. The van der Waals surface area contributed by atoms with E-state index < -0.39 is 0 Å². The summed E-state index contributed by atoms with van der Waals surface area (Å²) in [5.74, 6) is 1.26. The third-order valence-corrected chi connectivity index (χ3v) is 5.31. The molecule has 0 radical (unpaired) electrons. The van der Waals surface area contributed by atoms with Crippen molar-refractivity contribution in [3.8, 4) is 11.5 Å². The van der Waals surface area contributed by atoms with Gasteiger partial charge < -0.3 is 20.1 Å². The number of aromatic nitrogens is 1. The second kappa shape index (κ2) is 10.2. The number of amides is 1. The molecule has 0 aliphatic carbocycles. The molecule has 1 atom stereocenters. The van der Waals surface area contributed by atoms with E-state index >= 15 is 0 Å². The van der Waals surface area contributed by atoms with E-state index in [0.29, 0.717) is 17.9 Å². The molecule has 6 nitrogen and oxygen atoms in total. The lowest BCUT2D eigenvalue weighted by atomic mass is 10.1. The van der Waals surface area contributed by atoms with Gasteiger partial charge in [0.15, 0.2) is 11.5 Å². The summed E-state index contributed by atoms with van der Waals surface area (Å²) in [7, 11) is 3.41. The fraction of sp³-hybridized carbons (Fsp3) is 0.500. The minimum absolute atomic E-state index is 0.142. The first-order valence-corrected chi connectivity index (χ1v) is 10.0. The summed E-state index contributed by atoms with van der Waals surface area (Å²) in [6, 6.07) is 5.60. The summed E-state index contributed by atoms with van der Waals surface area (Å²) < 4.78 is 15.5. The van der Waals surface area contributed by atoms with Crippen molar-refractivity contribution in [2.75, 3.05) is 26.1 Å². The molecule has 27 heavy (non-hydrogen) atoms. The number of carbonyl (C=O) groups excluding carboxylic acids is 1. The van der Waals surface area contributed by atoms with E-state index in [9.17, 15) is 4.79 Å². The second-order valence-electron chi connectivity index (χ2n) is 6.38. The normalized spacial score (nSPS) is 11.7. The molecule has 0 bridgehead atoms. The Balaban J connectivity index is 2.08. The van der Waals surface area contributed by atoms with E-state index in [4.69, 9.17) is 9.47 Å². The Labute approximate surface area is 165 Å². The van der Waals surface area contributed by atoms with Gasteiger partial charge in [0.25, 0.3) is 5.91 Å². The number of nitrogens with zero attached hydrogens (tertiary/aromatic N) is 1. The van der Waals surface area contributed by atoms with Gasteiger partial charge in [0, 0.05) is 7.05 Å². The van der Waals surface area contributed by atoms with E-state index in [-0.39, 0.29) is 11.9 Å². The number of methoxy groups -OCH3 is 1. The molecule has 2 N–H and O–H groups in total. The van der Waals surface area contributed by atoms with Gasteiger partial charge >= 0.3 is 0 Å². The van der Waals surface area contributed by atoms with Gasteiger partial charge in [-0.25, -0.2) is 0 Å². The standard InChI is InChI=1S/C20H29N3O3S/c1-6-7-8-11-26-16-10-9-15(12-17(16)25-5)13(2)22-19(24)18-14(3)23-27-20(18)21-4/h9-10,12-13,21H,6-8,11H2,1-5H3,(H,22,24). The molecule has 0 aliphatic rings. The van der Waals surface area contributed by atoms with E-state index in [0.717, 1.165) is 41.3 Å². The van der Waals surface area contributed by atoms with Crippen LogP contribution >= 0.6 is 11.5 Å². The maximum absolute atomic E-state index is 12.7. The quantitative estimate of drug-likeness (QED) is 0.581. The van der Waals surface area contributed by atoms with Gasteiger partial charge in [-0.3, -0.25) is 4.79 Å². The first-order chi connectivity index (χ1) is 13.0. The number of hydrogen-bond acceptors (Lipinski definition) is 6. The predicted octanol–water partition coefficient (Wildman–Crippen LogP) is 4.56. The highest BCUT2D eigenvalue weighted by molar-refractivity contribution is 7.10. The second-order valence-corrected chi connectivity index (χ2v) is 7.16. The van der Waals surface area contributed by atoms with Crippen LogP contribution in [-0.2, 0) is 0 Å². The number of hydrogen-bond donors (Lipinski definition) is 2. The Morgan fingerprint density at radius 3 is 2.74 bits per heavy atom. The molecule has 0 spiro atoms. The van der Waals surface area contributed by atoms with Crippen molar-refractivity contribution in [2.24, 2.45) is 0 Å². The molecule has 0 fully saturated rings. The highest BCUT2D eigenvalue weighted by Crippen LogP contribution is 2.31. The molecule has 2 aromatic rings. The van der Waals surface area contributed by atoms with Crippen molar-refractivity contribution >= 4 is 22.4 Å². The molecule has 0 aliphatic heterocycles. The third kappa shape index (κ3) is 5.35. The van der Waals surface area contributed by atoms with Crippen LogP contribution in [0, 0.1) is 6.92 Å². The first kappa shape index (κ1) is 21.0. The number of benzene rings is 1. The van der Waals surface area contributed by atoms with Gasteiger partial charge in [0.1, 0.15) is 5.00 Å². The highest BCUT2D eigenvalue weighted by atomic mass is 32.1. The summed E-state index contributed by atoms with van der Waals surface area (Å²) in [5, 5.41) is 6.83. The maximum atomic E-state index is 12.7. The number of carbonyl (C=O) groups is 1. The van der Waals surface area contributed by atoms with E-state index in [2.05, 4.69) is 21.9 Å². The number of rotatable bonds is 10. The van der Waals surface area contributed by atoms with Crippen LogP contribution in [0.1, 0.15) is 60.8 Å². The average molecular weight is 392 g/mol. The van der Waals surface area contributed by atoms with Crippen LogP contribution < -0.4 is 20.1 Å². The lowest BCUT2D eigenvalue weighted by Crippen LogP contribution is -2.27. The van der Waals surface area contributed by atoms with Gasteiger partial charge in [0.2, 0.25) is 0 Å². The molecule has 1 unspecified atom stereocenters. The van der Waals surface area contributed by atoms with Crippen LogP contribution in [0.5, 0.6) is 11.5 Å². The fourth-order valence-electron chi connectivity index (χ4n) is 2.77. The number of anilines is 1. The molecule has 148 valence electrons. The van der Waals surface area contributed by atoms with Crippen LogP contribution in [0.4, 0.5) is 5.00 Å². The van der Waals surface area contributed by atoms with Gasteiger partial charge in [-0.05, 0) is 49.5 Å². The molecule has 1 heterocycles. The molecular weight excluding hydrogens is 362 g/mol. The lowest BCUT2D eigenvalue weighted by Gasteiger charge is -2.17. The largest absolute Gasteiger partial charge is 0.493 e. The lowest BCUT2D eigenvalue weighted by molar-refractivity contribution is 0.0940. The van der Waals surface area contributed by atoms with Crippen LogP contribution in [0.15, 0.2) is 18.2 Å². The van der Waals surface area contributed by atoms with E-state index in [1.165, 1.54) is 11.5 Å². The molecule has 1 amide bonds. The zero-order valence-electron chi connectivity index (χ0n) is 16.7. The average Bonchev–Trinajstić information content (AvgIpc) is 3.05. The molecule has 1 aromatic carbocycles. The molecule has 1 aromatic heterocycles. The molecule has 0 saturated heterocycles. The highest BCUT2D eigenvalue weighted by Gasteiger charge is 2.20. The predicted molar refractivity (Wildman–Crippen MR) is 110 cm³/mol. The summed E-state index contributed by atoms with van der Waals surface area (Å²) in [6.45, 7) is 6.62. The Hall–Kier alpha value is -2.28. The van der Waals surface area contributed by atoms with E-state index in [1.54, 1.807) is 14.2 Å². The SMILES string of the molecule is CCCCCOc1ccc(C(C)NC(=O)c2c(C)nsc2NC)cc1OC. The minimum Gasteiger partial charge on any atom is -0.493 e. The van der Waals surface area contributed by atoms with Gasteiger partial charge in [-0.15, -0.1) is 0 Å². The number of unbranched alkanes of at least 4 members (excludes halogenated alkanes) is 2.